The van der Waals surface area contributed by atoms with Crippen LogP contribution in [0, 0.1) is 5.92 Å². The molecule has 1 aromatic carbocycles. The number of unbranched alkanes of at least 4 members (excludes halogenated alkanes) is 4. The summed E-state index contributed by atoms with van der Waals surface area (Å²) in [4.78, 5) is 90.5. The van der Waals surface area contributed by atoms with E-state index in [1.165, 1.54) is 9.80 Å². The second-order valence-corrected chi connectivity index (χ2v) is 16.6. The lowest BCUT2D eigenvalue weighted by atomic mass is 9.84. The lowest BCUT2D eigenvalue weighted by Crippen LogP contribution is -2.61. The van der Waals surface area contributed by atoms with E-state index in [-0.39, 0.29) is 62.1 Å². The summed E-state index contributed by atoms with van der Waals surface area (Å²) in [6.07, 6.45) is 9.12. The summed E-state index contributed by atoms with van der Waals surface area (Å²) >= 11 is 0. The van der Waals surface area contributed by atoms with Gasteiger partial charge >= 0.3 is 5.97 Å². The zero-order valence-electron chi connectivity index (χ0n) is 35.7. The first-order chi connectivity index (χ1) is 29.7. The predicted octanol–water partition coefficient (Wildman–Crippen LogP) is -0.963. The molecule has 2 aliphatic heterocycles. The first-order valence-corrected chi connectivity index (χ1v) is 22.0. The number of hydrogen-bond donors (Lipinski definition) is 10. The molecule has 1 aliphatic carbocycles. The molecule has 20 nitrogen and oxygen atoms in total. The van der Waals surface area contributed by atoms with Crippen molar-refractivity contribution < 1.29 is 39.0 Å². The molecule has 0 radical (unpaired) electrons. The van der Waals surface area contributed by atoms with E-state index in [0.29, 0.717) is 58.0 Å². The number of aliphatic hydroxyl groups excluding tert-OH is 1. The Labute approximate surface area is 363 Å². The second kappa shape index (κ2) is 24.8. The minimum Gasteiger partial charge on any atom is -0.480 e. The number of carbonyl (C=O) groups excluding carboxylic acids is 5. The third kappa shape index (κ3) is 14.6. The van der Waals surface area contributed by atoms with Gasteiger partial charge in [-0.15, -0.1) is 0 Å². The van der Waals surface area contributed by atoms with Gasteiger partial charge in [0.2, 0.25) is 29.5 Å². The smallest absolute Gasteiger partial charge is 0.326 e. The molecule has 1 aromatic rings. The lowest BCUT2D eigenvalue weighted by Gasteiger charge is -2.42. The standard InChI is InChI=1S/C42H68N12O8/c43-29(15-10-20-49-41(44)45)36(57)52-30(16-11-21-50-42(46)47)37(58)48-19-9-3-1-2-4-18-35(56)51-31(25-55)38(59)53-24-28-14-6-5-12-26(28)22-33(53)39(60)54-32-17-8-7-13-27(32)23-34(54)40(61)62/h5-6,12,14,27,29-34,55H,1-4,7-11,13,15-25,43H2,(H,48,58)(H,51,56)(H,52,57)(H,61,62)(H4,44,45,49)(H4,46,47,50)/t27-,29+,30-,31-,32-,33+,34-/m0/s1. The molecule has 1 saturated heterocycles. The average molecular weight is 869 g/mol. The van der Waals surface area contributed by atoms with Crippen LogP contribution in [0.4, 0.5) is 0 Å². The largest absolute Gasteiger partial charge is 0.480 e. The molecule has 3 aliphatic rings. The molecule has 4 rings (SSSR count). The molecule has 2 heterocycles. The van der Waals surface area contributed by atoms with E-state index in [0.717, 1.165) is 49.7 Å². The van der Waals surface area contributed by atoms with Crippen molar-refractivity contribution in [1.29, 1.82) is 0 Å². The van der Waals surface area contributed by atoms with E-state index in [1.54, 1.807) is 0 Å². The van der Waals surface area contributed by atoms with Crippen LogP contribution in [0.25, 0.3) is 0 Å². The Bertz CT molecular complexity index is 1750. The number of aliphatic carboxylic acids is 1. The average Bonchev–Trinajstić information content (AvgIpc) is 3.65. The number of carboxylic acid groups (broad SMARTS) is 1. The normalized spacial score (nSPS) is 20.7. The van der Waals surface area contributed by atoms with Crippen molar-refractivity contribution >= 4 is 47.4 Å². The summed E-state index contributed by atoms with van der Waals surface area (Å²) in [5, 5.41) is 28.7. The van der Waals surface area contributed by atoms with Gasteiger partial charge in [0, 0.05) is 45.1 Å². The van der Waals surface area contributed by atoms with Crippen LogP contribution in [-0.4, -0.2) is 130 Å². The van der Waals surface area contributed by atoms with Crippen molar-refractivity contribution in [3.8, 4) is 0 Å². The quantitative estimate of drug-likeness (QED) is 0.0340. The molecule has 0 unspecified atom stereocenters. The van der Waals surface area contributed by atoms with E-state index < -0.39 is 66.4 Å². The highest BCUT2D eigenvalue weighted by atomic mass is 16.4. The first kappa shape index (κ1) is 49.2. The maximum Gasteiger partial charge on any atom is 0.326 e. The number of carbonyl (C=O) groups is 6. The Kier molecular flexibility index (Phi) is 19.7. The van der Waals surface area contributed by atoms with Crippen LogP contribution >= 0.6 is 0 Å². The molecule has 5 amide bonds. The van der Waals surface area contributed by atoms with E-state index in [2.05, 4.69) is 25.9 Å². The predicted molar refractivity (Wildman–Crippen MR) is 233 cm³/mol. The molecule has 20 heteroatoms. The fourth-order valence-corrected chi connectivity index (χ4v) is 8.77. The number of rotatable bonds is 24. The van der Waals surface area contributed by atoms with Gasteiger partial charge in [-0.05, 0) is 74.8 Å². The maximum absolute atomic E-state index is 14.4. The van der Waals surface area contributed by atoms with E-state index in [1.807, 2.05) is 24.3 Å². The van der Waals surface area contributed by atoms with Crippen molar-refractivity contribution in [1.82, 2.24) is 25.8 Å². The van der Waals surface area contributed by atoms with Gasteiger partial charge in [-0.1, -0.05) is 56.4 Å². The summed E-state index contributed by atoms with van der Waals surface area (Å²) in [6.45, 7) is 0.389. The van der Waals surface area contributed by atoms with Crippen molar-refractivity contribution in [3.63, 3.8) is 0 Å². The number of nitrogens with one attached hydrogen (secondary N) is 3. The van der Waals surface area contributed by atoms with E-state index in [9.17, 15) is 39.0 Å². The molecular formula is C42H68N12O8. The third-order valence-corrected chi connectivity index (χ3v) is 12.0. The van der Waals surface area contributed by atoms with Crippen LogP contribution in [0.3, 0.4) is 0 Å². The zero-order chi connectivity index (χ0) is 45.2. The Hall–Kier alpha value is -5.50. The molecular weight excluding hydrogens is 801 g/mol. The van der Waals surface area contributed by atoms with E-state index >= 15 is 0 Å². The van der Waals surface area contributed by atoms with Crippen molar-refractivity contribution in [2.24, 2.45) is 44.6 Å². The molecule has 2 fully saturated rings. The van der Waals surface area contributed by atoms with Gasteiger partial charge in [0.15, 0.2) is 11.9 Å². The van der Waals surface area contributed by atoms with Crippen LogP contribution in [0.2, 0.25) is 0 Å². The highest BCUT2D eigenvalue weighted by Gasteiger charge is 2.51. The molecule has 62 heavy (non-hydrogen) atoms. The molecule has 7 atom stereocenters. The molecule has 15 N–H and O–H groups in total. The molecule has 0 aromatic heterocycles. The number of benzene rings is 1. The van der Waals surface area contributed by atoms with Crippen molar-refractivity contribution in [2.75, 3.05) is 26.2 Å². The van der Waals surface area contributed by atoms with Gasteiger partial charge in [-0.2, -0.15) is 0 Å². The summed E-state index contributed by atoms with van der Waals surface area (Å²) in [7, 11) is 0. The number of nitrogens with two attached hydrogens (primary N) is 5. The van der Waals surface area contributed by atoms with Gasteiger partial charge in [-0.3, -0.25) is 34.0 Å². The van der Waals surface area contributed by atoms with E-state index in [4.69, 9.17) is 28.7 Å². The molecule has 0 spiro atoms. The summed E-state index contributed by atoms with van der Waals surface area (Å²) in [5.41, 5.74) is 29.2. The summed E-state index contributed by atoms with van der Waals surface area (Å²) in [6, 6.07) is 2.36. The minimum atomic E-state index is -1.28. The van der Waals surface area contributed by atoms with Crippen molar-refractivity contribution in [2.45, 2.75) is 146 Å². The van der Waals surface area contributed by atoms with Crippen LogP contribution in [0.1, 0.15) is 107 Å². The first-order valence-electron chi connectivity index (χ1n) is 22.0. The molecule has 0 bridgehead atoms. The fraction of sp³-hybridized carbons (Fsp3) is 0.667. The highest BCUT2D eigenvalue weighted by molar-refractivity contribution is 5.95. The highest BCUT2D eigenvalue weighted by Crippen LogP contribution is 2.41. The Balaban J connectivity index is 1.23. The Morgan fingerprint density at radius 1 is 0.774 bits per heavy atom. The van der Waals surface area contributed by atoms with Crippen molar-refractivity contribution in [3.05, 3.63) is 35.4 Å². The fourth-order valence-electron chi connectivity index (χ4n) is 8.77. The Morgan fingerprint density at radius 2 is 1.42 bits per heavy atom. The number of likely N-dealkylation sites (tertiary alicyclic amines) is 1. The van der Waals surface area contributed by atoms with Crippen LogP contribution in [0.5, 0.6) is 0 Å². The van der Waals surface area contributed by atoms with Gasteiger partial charge < -0.3 is 64.6 Å². The molecule has 344 valence electrons. The maximum atomic E-state index is 14.4. The lowest BCUT2D eigenvalue weighted by molar-refractivity contribution is -0.156. The topological polar surface area (TPSA) is 340 Å². The number of nitrogens with zero attached hydrogens (tertiary/aromatic N) is 4. The van der Waals surface area contributed by atoms with Crippen LogP contribution in [-0.2, 0) is 41.7 Å². The van der Waals surface area contributed by atoms with Gasteiger partial charge in [0.05, 0.1) is 12.6 Å². The number of carboxylic acids is 1. The monoisotopic (exact) mass is 869 g/mol. The van der Waals surface area contributed by atoms with Gasteiger partial charge in [0.25, 0.3) is 0 Å². The summed E-state index contributed by atoms with van der Waals surface area (Å²) in [5.74, 6) is -3.32. The van der Waals surface area contributed by atoms with Crippen LogP contribution in [0.15, 0.2) is 34.3 Å². The number of hydrogen-bond acceptors (Lipinski definition) is 10. The Morgan fingerprint density at radius 3 is 2.10 bits per heavy atom. The van der Waals surface area contributed by atoms with Gasteiger partial charge in [0.1, 0.15) is 24.2 Å². The van der Waals surface area contributed by atoms with Gasteiger partial charge in [-0.25, -0.2) is 4.79 Å². The SMILES string of the molecule is NC(N)=NCCC[C@@H](N)C(=O)N[C@@H](CCCN=C(N)N)C(=O)NCCCCCCCC(=O)N[C@@H](CO)C(=O)N1Cc2ccccc2C[C@@H]1C(=O)N1[C@H](C(=O)O)C[C@@H]2CCCC[C@@H]21. The number of guanidine groups is 2. The number of aliphatic imine (C=N–C) groups is 2. The third-order valence-electron chi connectivity index (χ3n) is 12.0. The second-order valence-electron chi connectivity index (χ2n) is 16.6. The minimum absolute atomic E-state index is 0.0497. The number of fused-ring (bicyclic) bond motifs is 2. The number of aliphatic hydroxyl groups is 1. The number of amides is 5. The zero-order valence-corrected chi connectivity index (χ0v) is 35.7. The molecule has 1 saturated carbocycles. The summed E-state index contributed by atoms with van der Waals surface area (Å²) < 4.78 is 0. The van der Waals surface area contributed by atoms with Crippen LogP contribution < -0.4 is 44.6 Å².